The summed E-state index contributed by atoms with van der Waals surface area (Å²) >= 11 is 0. The van der Waals surface area contributed by atoms with Crippen molar-refractivity contribution in [1.82, 2.24) is 14.1 Å². The minimum absolute atomic E-state index is 0.118. The minimum Gasteiger partial charge on any atom is -0.316 e. The molecule has 0 radical (unpaired) electrons. The Balaban J connectivity index is 1.14. The van der Waals surface area contributed by atoms with E-state index < -0.39 is 0 Å². The molecule has 4 heteroatoms. The van der Waals surface area contributed by atoms with Crippen molar-refractivity contribution in [3.05, 3.63) is 206 Å². The molecule has 10 aromatic rings. The van der Waals surface area contributed by atoms with Gasteiger partial charge in [0.05, 0.1) is 16.6 Å². The summed E-state index contributed by atoms with van der Waals surface area (Å²) in [7, 11) is 0. The summed E-state index contributed by atoms with van der Waals surface area (Å²) in [5.74, 6) is 0. The average molecular weight is 719 g/mol. The zero-order valence-electron chi connectivity index (χ0n) is 31.3. The third-order valence-electron chi connectivity index (χ3n) is 11.9. The number of para-hydroxylation sites is 2. The van der Waals surface area contributed by atoms with Gasteiger partial charge in [-0.15, -0.1) is 0 Å². The Kier molecular flexibility index (Phi) is 7.17. The lowest BCUT2D eigenvalue weighted by Gasteiger charge is -2.28. The van der Waals surface area contributed by atoms with Crippen molar-refractivity contribution in [3.8, 4) is 33.6 Å². The van der Waals surface area contributed by atoms with Crippen LogP contribution >= 0.6 is 0 Å². The second-order valence-corrected chi connectivity index (χ2v) is 15.3. The van der Waals surface area contributed by atoms with Crippen LogP contribution in [0.4, 0.5) is 17.1 Å². The largest absolute Gasteiger partial charge is 0.316 e. The predicted octanol–water partition coefficient (Wildman–Crippen LogP) is 13.6. The van der Waals surface area contributed by atoms with Gasteiger partial charge in [-0.3, -0.25) is 4.98 Å². The lowest BCUT2D eigenvalue weighted by molar-refractivity contribution is 0.660. The number of rotatable bonds is 6. The maximum Gasteiger partial charge on any atom is 0.0635 e. The van der Waals surface area contributed by atoms with E-state index in [1.165, 1.54) is 55.0 Å². The molecule has 7 aromatic carbocycles. The van der Waals surface area contributed by atoms with Gasteiger partial charge in [0.15, 0.2) is 0 Å². The molecule has 3 aromatic heterocycles. The number of anilines is 3. The summed E-state index contributed by atoms with van der Waals surface area (Å²) in [5.41, 5.74) is 16.8. The van der Waals surface area contributed by atoms with Crippen LogP contribution < -0.4 is 4.90 Å². The summed E-state index contributed by atoms with van der Waals surface area (Å²) in [5, 5.41) is 3.66. The molecule has 0 N–H and O–H groups in total. The van der Waals surface area contributed by atoms with E-state index in [9.17, 15) is 0 Å². The molecule has 1 aliphatic carbocycles. The van der Waals surface area contributed by atoms with Crippen LogP contribution in [0.2, 0.25) is 0 Å². The van der Waals surface area contributed by atoms with Gasteiger partial charge >= 0.3 is 0 Å². The maximum atomic E-state index is 4.24. The number of hydrogen-bond donors (Lipinski definition) is 0. The third kappa shape index (κ3) is 4.89. The zero-order chi connectivity index (χ0) is 37.4. The fourth-order valence-corrected chi connectivity index (χ4v) is 9.14. The lowest BCUT2D eigenvalue weighted by Crippen LogP contribution is -2.16. The lowest BCUT2D eigenvalue weighted by atomic mass is 9.82. The fraction of sp³-hybridized carbons (Fsp3) is 0.0577. The van der Waals surface area contributed by atoms with Gasteiger partial charge in [0.2, 0.25) is 0 Å². The van der Waals surface area contributed by atoms with E-state index in [1.807, 2.05) is 12.4 Å². The van der Waals surface area contributed by atoms with Gasteiger partial charge in [0.25, 0.3) is 0 Å². The molecule has 0 aliphatic heterocycles. The predicted molar refractivity (Wildman–Crippen MR) is 233 cm³/mol. The van der Waals surface area contributed by atoms with Gasteiger partial charge in [0.1, 0.15) is 0 Å². The summed E-state index contributed by atoms with van der Waals surface area (Å²) in [6.07, 6.45) is 5.90. The molecule has 0 unspecified atom stereocenters. The molecule has 3 heterocycles. The number of hydrogen-bond acceptors (Lipinski definition) is 2. The molecule has 0 saturated heterocycles. The van der Waals surface area contributed by atoms with Crippen LogP contribution in [-0.4, -0.2) is 14.1 Å². The molecule has 11 rings (SSSR count). The quantitative estimate of drug-likeness (QED) is 0.171. The average Bonchev–Trinajstić information content (AvgIpc) is 3.91. The van der Waals surface area contributed by atoms with Crippen LogP contribution in [0.25, 0.3) is 66.3 Å². The molecular weight excluding hydrogens is 681 g/mol. The molecule has 4 nitrogen and oxygen atoms in total. The van der Waals surface area contributed by atoms with Gasteiger partial charge in [-0.2, -0.15) is 0 Å². The molecular formula is C52H38N4. The van der Waals surface area contributed by atoms with E-state index in [0.717, 1.165) is 39.6 Å². The summed E-state index contributed by atoms with van der Waals surface area (Å²) in [4.78, 5) is 6.66. The molecule has 266 valence electrons. The normalized spacial score (nSPS) is 13.0. The highest BCUT2D eigenvalue weighted by Crippen LogP contribution is 2.51. The van der Waals surface area contributed by atoms with E-state index >= 15 is 0 Å². The SMILES string of the molecule is CC1(C)c2ccccc2-c2ccc(N(c3ccc(-c4ccncc4)cc3)c3ccc4c(c3)c3ccc5c(ccn5-c5ccccc5)c3n4-c3ccccc3)cc21. The van der Waals surface area contributed by atoms with Crippen molar-refractivity contribution in [2.24, 2.45) is 0 Å². The summed E-state index contributed by atoms with van der Waals surface area (Å²) < 4.78 is 4.73. The highest BCUT2D eigenvalue weighted by atomic mass is 15.1. The van der Waals surface area contributed by atoms with Crippen LogP contribution in [0.15, 0.2) is 195 Å². The standard InChI is InChI=1S/C52H38N4/c1-52(2)47-16-10-9-15-42(47)43-23-21-41(34-48(43)52)55(39-19-17-35(18-20-39)36-27-30-53-31-28-36)40-22-25-50-46(33-40)44-24-26-49-45(29-32-54(49)37-11-5-3-6-12-37)51(44)56(50)38-13-7-4-8-14-38/h3-34H,1-2H3. The van der Waals surface area contributed by atoms with Gasteiger partial charge in [0, 0.05) is 68.6 Å². The summed E-state index contributed by atoms with van der Waals surface area (Å²) in [6.45, 7) is 4.71. The van der Waals surface area contributed by atoms with Crippen LogP contribution in [0.3, 0.4) is 0 Å². The Morgan fingerprint density at radius 3 is 1.88 bits per heavy atom. The number of benzene rings is 7. The van der Waals surface area contributed by atoms with Crippen LogP contribution in [0.5, 0.6) is 0 Å². The van der Waals surface area contributed by atoms with Crippen molar-refractivity contribution in [3.63, 3.8) is 0 Å². The topological polar surface area (TPSA) is 26.0 Å². The highest BCUT2D eigenvalue weighted by molar-refractivity contribution is 6.19. The van der Waals surface area contributed by atoms with Crippen LogP contribution in [0, 0.1) is 0 Å². The zero-order valence-corrected chi connectivity index (χ0v) is 31.3. The van der Waals surface area contributed by atoms with Crippen molar-refractivity contribution in [2.75, 3.05) is 4.90 Å². The highest BCUT2D eigenvalue weighted by Gasteiger charge is 2.35. The first-order chi connectivity index (χ1) is 27.5. The Morgan fingerprint density at radius 2 is 1.09 bits per heavy atom. The number of pyridine rings is 1. The second kappa shape index (κ2) is 12.4. The maximum absolute atomic E-state index is 4.24. The van der Waals surface area contributed by atoms with E-state index in [1.54, 1.807) is 0 Å². The monoisotopic (exact) mass is 718 g/mol. The molecule has 0 fully saturated rings. The first-order valence-electron chi connectivity index (χ1n) is 19.3. The Hall–Kier alpha value is -7.17. The molecule has 1 aliphatic rings. The second-order valence-electron chi connectivity index (χ2n) is 15.3. The summed E-state index contributed by atoms with van der Waals surface area (Å²) in [6, 6.07) is 64.2. The van der Waals surface area contributed by atoms with Crippen molar-refractivity contribution < 1.29 is 0 Å². The number of nitrogens with zero attached hydrogens (tertiary/aromatic N) is 4. The molecule has 0 bridgehead atoms. The van der Waals surface area contributed by atoms with E-state index in [2.05, 4.69) is 215 Å². The number of fused-ring (bicyclic) bond motifs is 8. The van der Waals surface area contributed by atoms with Crippen LogP contribution in [0.1, 0.15) is 25.0 Å². The fourth-order valence-electron chi connectivity index (χ4n) is 9.14. The van der Waals surface area contributed by atoms with Crippen molar-refractivity contribution >= 4 is 49.8 Å². The first-order valence-corrected chi connectivity index (χ1v) is 19.3. The Morgan fingerprint density at radius 1 is 0.464 bits per heavy atom. The Labute approximate surface area is 326 Å². The Bertz CT molecular complexity index is 3080. The van der Waals surface area contributed by atoms with Gasteiger partial charge in [-0.25, -0.2) is 0 Å². The number of aromatic nitrogens is 3. The smallest absolute Gasteiger partial charge is 0.0635 e. The van der Waals surface area contributed by atoms with E-state index in [0.29, 0.717) is 0 Å². The molecule has 0 amide bonds. The van der Waals surface area contributed by atoms with Crippen molar-refractivity contribution in [2.45, 2.75) is 19.3 Å². The molecule has 0 spiro atoms. The first kappa shape index (κ1) is 32.3. The molecule has 0 atom stereocenters. The van der Waals surface area contributed by atoms with Gasteiger partial charge in [-0.1, -0.05) is 98.8 Å². The third-order valence-corrected chi connectivity index (χ3v) is 11.9. The van der Waals surface area contributed by atoms with Gasteiger partial charge < -0.3 is 14.0 Å². The van der Waals surface area contributed by atoms with E-state index in [-0.39, 0.29) is 5.41 Å². The minimum atomic E-state index is -0.118. The van der Waals surface area contributed by atoms with E-state index in [4.69, 9.17) is 0 Å². The van der Waals surface area contributed by atoms with Crippen molar-refractivity contribution in [1.29, 1.82) is 0 Å². The molecule has 56 heavy (non-hydrogen) atoms. The van der Waals surface area contributed by atoms with Gasteiger partial charge in [-0.05, 0) is 124 Å². The molecule has 0 saturated carbocycles. The van der Waals surface area contributed by atoms with Crippen LogP contribution in [-0.2, 0) is 5.41 Å².